The Morgan fingerprint density at radius 2 is 1.61 bits per heavy atom. The number of fused-ring (bicyclic) bond motifs is 3. The zero-order valence-corrected chi connectivity index (χ0v) is 18.4. The van der Waals surface area contributed by atoms with Gasteiger partial charge >= 0.3 is 6.09 Å². The second-order valence-electron chi connectivity index (χ2n) is 8.70. The fourth-order valence-electron chi connectivity index (χ4n) is 4.83. The lowest BCUT2D eigenvalue weighted by Crippen LogP contribution is -2.40. The summed E-state index contributed by atoms with van der Waals surface area (Å²) in [4.78, 5) is 27.8. The molecule has 1 aliphatic carbocycles. The van der Waals surface area contributed by atoms with Crippen LogP contribution in [0.1, 0.15) is 34.7 Å². The molecule has 1 aliphatic heterocycles. The highest BCUT2D eigenvalue weighted by atomic mass is 16.6. The van der Waals surface area contributed by atoms with Crippen LogP contribution in [0.3, 0.4) is 0 Å². The first-order chi connectivity index (χ1) is 16.2. The van der Waals surface area contributed by atoms with Crippen molar-refractivity contribution in [2.24, 2.45) is 5.92 Å². The number of rotatable bonds is 8. The summed E-state index contributed by atoms with van der Waals surface area (Å²) in [6, 6.07) is 27.6. The number of imide groups is 1. The molecular weight excluding hydrogens is 414 g/mol. The maximum atomic E-state index is 13.7. The minimum atomic E-state index is -0.544. The highest BCUT2D eigenvalue weighted by Crippen LogP contribution is 2.43. The van der Waals surface area contributed by atoms with E-state index in [9.17, 15) is 9.59 Å². The van der Waals surface area contributed by atoms with Crippen LogP contribution in [0.15, 0.2) is 84.9 Å². The van der Waals surface area contributed by atoms with E-state index in [2.05, 4.69) is 12.1 Å². The summed E-state index contributed by atoms with van der Waals surface area (Å²) in [5.74, 6) is -0.652. The van der Waals surface area contributed by atoms with Gasteiger partial charge in [0.2, 0.25) is 5.91 Å². The molecule has 3 aromatic carbocycles. The Bertz CT molecular complexity index is 1120. The molecule has 5 rings (SSSR count). The number of ether oxygens (including phenoxy) is 2. The van der Waals surface area contributed by atoms with Gasteiger partial charge in [0.15, 0.2) is 0 Å². The van der Waals surface area contributed by atoms with Crippen molar-refractivity contribution in [1.29, 1.82) is 0 Å². The van der Waals surface area contributed by atoms with E-state index in [1.165, 1.54) is 4.90 Å². The molecule has 1 heterocycles. The van der Waals surface area contributed by atoms with E-state index in [1.807, 2.05) is 72.8 Å². The molecule has 1 saturated heterocycles. The highest BCUT2D eigenvalue weighted by Gasteiger charge is 2.51. The Kier molecular flexibility index (Phi) is 6.22. The van der Waals surface area contributed by atoms with Crippen molar-refractivity contribution in [2.75, 3.05) is 6.61 Å². The normalized spacial score (nSPS) is 19.6. The molecule has 0 N–H and O–H groups in total. The lowest BCUT2D eigenvalue weighted by Gasteiger charge is -2.25. The quantitative estimate of drug-likeness (QED) is 0.488. The van der Waals surface area contributed by atoms with Gasteiger partial charge in [-0.1, -0.05) is 84.9 Å². The van der Waals surface area contributed by atoms with Gasteiger partial charge in [0.25, 0.3) is 0 Å². The van der Waals surface area contributed by atoms with Gasteiger partial charge < -0.3 is 9.47 Å². The van der Waals surface area contributed by atoms with Crippen LogP contribution in [-0.4, -0.2) is 29.6 Å². The SMILES string of the molecule is O=C1O[C@H]2Cc3ccccc3[C@H]2N1C(=O)[C@@H](CCc1ccccc1)COCc1ccccc1. The first kappa shape index (κ1) is 21.4. The molecule has 0 saturated carbocycles. The maximum absolute atomic E-state index is 13.7. The van der Waals surface area contributed by atoms with Crippen molar-refractivity contribution in [3.8, 4) is 0 Å². The topological polar surface area (TPSA) is 55.8 Å². The zero-order valence-electron chi connectivity index (χ0n) is 18.4. The minimum absolute atomic E-state index is 0.215. The molecule has 2 aliphatic rings. The Morgan fingerprint density at radius 3 is 2.36 bits per heavy atom. The van der Waals surface area contributed by atoms with Gasteiger partial charge in [-0.2, -0.15) is 0 Å². The zero-order chi connectivity index (χ0) is 22.6. The second-order valence-corrected chi connectivity index (χ2v) is 8.70. The number of hydrogen-bond donors (Lipinski definition) is 0. The number of carbonyl (C=O) groups is 2. The molecular formula is C28H27NO4. The van der Waals surface area contributed by atoms with Gasteiger partial charge in [-0.3, -0.25) is 4.79 Å². The van der Waals surface area contributed by atoms with Crippen LogP contribution in [0.2, 0.25) is 0 Å². The number of amides is 2. The molecule has 3 aromatic rings. The van der Waals surface area contributed by atoms with E-state index >= 15 is 0 Å². The summed E-state index contributed by atoms with van der Waals surface area (Å²) in [5, 5.41) is 0. The van der Waals surface area contributed by atoms with E-state index in [-0.39, 0.29) is 24.7 Å². The highest BCUT2D eigenvalue weighted by molar-refractivity contribution is 5.95. The van der Waals surface area contributed by atoms with Crippen LogP contribution in [0.25, 0.3) is 0 Å². The predicted octanol–water partition coefficient (Wildman–Crippen LogP) is 5.10. The first-order valence-corrected chi connectivity index (χ1v) is 11.5. The van der Waals surface area contributed by atoms with Gasteiger partial charge in [-0.25, -0.2) is 9.69 Å². The number of carbonyl (C=O) groups excluding carboxylic acids is 2. The molecule has 5 nitrogen and oxygen atoms in total. The first-order valence-electron chi connectivity index (χ1n) is 11.5. The Hall–Kier alpha value is -3.44. The summed E-state index contributed by atoms with van der Waals surface area (Å²) in [5.41, 5.74) is 4.36. The lowest BCUT2D eigenvalue weighted by atomic mass is 9.97. The van der Waals surface area contributed by atoms with Gasteiger partial charge in [0.05, 0.1) is 19.1 Å². The molecule has 0 spiro atoms. The summed E-state index contributed by atoms with van der Waals surface area (Å²) in [7, 11) is 0. The largest absolute Gasteiger partial charge is 0.443 e. The summed E-state index contributed by atoms with van der Waals surface area (Å²) in [6.45, 7) is 0.679. The van der Waals surface area contributed by atoms with E-state index in [4.69, 9.17) is 9.47 Å². The minimum Gasteiger partial charge on any atom is -0.443 e. The Morgan fingerprint density at radius 1 is 0.939 bits per heavy atom. The van der Waals surface area contributed by atoms with E-state index in [0.29, 0.717) is 19.4 Å². The van der Waals surface area contributed by atoms with Crippen LogP contribution in [-0.2, 0) is 33.7 Å². The number of nitrogens with zero attached hydrogens (tertiary/aromatic N) is 1. The van der Waals surface area contributed by atoms with Crippen molar-refractivity contribution in [2.45, 2.75) is 38.0 Å². The van der Waals surface area contributed by atoms with Gasteiger partial charge in [-0.15, -0.1) is 0 Å². The van der Waals surface area contributed by atoms with Gasteiger partial charge in [0.1, 0.15) is 12.1 Å². The molecule has 0 unspecified atom stereocenters. The molecule has 168 valence electrons. The molecule has 5 heteroatoms. The molecule has 3 atom stereocenters. The fourth-order valence-corrected chi connectivity index (χ4v) is 4.83. The lowest BCUT2D eigenvalue weighted by molar-refractivity contribution is -0.136. The van der Waals surface area contributed by atoms with Gasteiger partial charge in [0, 0.05) is 6.42 Å². The number of benzene rings is 3. The third kappa shape index (κ3) is 4.55. The van der Waals surface area contributed by atoms with Crippen molar-refractivity contribution in [3.63, 3.8) is 0 Å². The number of hydrogen-bond acceptors (Lipinski definition) is 4. The van der Waals surface area contributed by atoms with Crippen LogP contribution in [0.5, 0.6) is 0 Å². The molecule has 0 bridgehead atoms. The Labute approximate surface area is 193 Å². The monoisotopic (exact) mass is 441 g/mol. The van der Waals surface area contributed by atoms with E-state index < -0.39 is 12.0 Å². The van der Waals surface area contributed by atoms with E-state index in [1.54, 1.807) is 0 Å². The fraction of sp³-hybridized carbons (Fsp3) is 0.286. The third-order valence-corrected chi connectivity index (χ3v) is 6.52. The summed E-state index contributed by atoms with van der Waals surface area (Å²) < 4.78 is 11.6. The standard InChI is InChI=1S/C28H27NO4/c30-27(29-26-24-14-8-7-13-22(24)17-25(26)33-28(29)31)23(16-15-20-9-3-1-4-10-20)19-32-18-21-11-5-2-6-12-21/h1-14,23,25-26H,15-19H2/t23-,25-,26+/m0/s1. The smallest absolute Gasteiger partial charge is 0.417 e. The van der Waals surface area contributed by atoms with Gasteiger partial charge in [-0.05, 0) is 35.1 Å². The molecule has 1 fully saturated rings. The second kappa shape index (κ2) is 9.59. The van der Waals surface area contributed by atoms with Crippen LogP contribution >= 0.6 is 0 Å². The number of aryl methyl sites for hydroxylation is 1. The third-order valence-electron chi connectivity index (χ3n) is 6.52. The summed E-state index contributed by atoms with van der Waals surface area (Å²) in [6.07, 6.45) is 1.13. The van der Waals surface area contributed by atoms with E-state index in [0.717, 1.165) is 28.7 Å². The average molecular weight is 442 g/mol. The Balaban J connectivity index is 1.34. The van der Waals surface area contributed by atoms with Crippen molar-refractivity contribution >= 4 is 12.0 Å². The van der Waals surface area contributed by atoms with Crippen LogP contribution < -0.4 is 0 Å². The molecule has 0 aromatic heterocycles. The predicted molar refractivity (Wildman–Crippen MR) is 124 cm³/mol. The van der Waals surface area contributed by atoms with Crippen LogP contribution in [0.4, 0.5) is 4.79 Å². The molecule has 33 heavy (non-hydrogen) atoms. The van der Waals surface area contributed by atoms with Crippen LogP contribution in [0, 0.1) is 5.92 Å². The molecule has 0 radical (unpaired) electrons. The molecule has 2 amide bonds. The average Bonchev–Trinajstić information content (AvgIpc) is 3.36. The van der Waals surface area contributed by atoms with Crippen molar-refractivity contribution in [3.05, 3.63) is 107 Å². The maximum Gasteiger partial charge on any atom is 0.417 e. The van der Waals surface area contributed by atoms with Crippen molar-refractivity contribution < 1.29 is 19.1 Å². The van der Waals surface area contributed by atoms with Crippen molar-refractivity contribution in [1.82, 2.24) is 4.90 Å². The summed E-state index contributed by atoms with van der Waals surface area (Å²) >= 11 is 0.